The number of hydrogen-bond acceptors (Lipinski definition) is 8. The molecule has 0 amide bonds. The normalized spacial score (nSPS) is 13.0. The van der Waals surface area contributed by atoms with Gasteiger partial charge in [0.25, 0.3) is 0 Å². The molecule has 0 N–H and O–H groups in total. The van der Waals surface area contributed by atoms with Gasteiger partial charge in [-0.1, -0.05) is 41.5 Å². The van der Waals surface area contributed by atoms with E-state index in [4.69, 9.17) is 0 Å². The van der Waals surface area contributed by atoms with E-state index in [1.165, 1.54) is 0 Å². The molecule has 0 heterocycles. The minimum Gasteiger partial charge on any atom is -0.726 e. The van der Waals surface area contributed by atoms with Crippen LogP contribution in [0.15, 0.2) is 0 Å². The van der Waals surface area contributed by atoms with Crippen LogP contribution in [0.5, 0.6) is 0 Å². The Hall–Kier alpha value is 1.000. The smallest absolute Gasteiger partial charge is 0.726 e. The molecule has 8 nitrogen and oxygen atoms in total. The Balaban J connectivity index is -0.000000295. The summed E-state index contributed by atoms with van der Waals surface area (Å²) in [5, 5.41) is 0. The summed E-state index contributed by atoms with van der Waals surface area (Å²) in [6.45, 7) is 10.5. The van der Waals surface area contributed by atoms with Gasteiger partial charge in [0.05, 0.1) is 13.2 Å². The summed E-state index contributed by atoms with van der Waals surface area (Å²) in [6, 6.07) is 0. The van der Waals surface area contributed by atoms with Gasteiger partial charge in [0.2, 0.25) is 20.8 Å². The molecule has 11 heteroatoms. The van der Waals surface area contributed by atoms with Gasteiger partial charge in [0.1, 0.15) is 0 Å². The first-order valence-electron chi connectivity index (χ1n) is 5.62. The van der Waals surface area contributed by atoms with Crippen LogP contribution in [0.2, 0.25) is 0 Å². The van der Waals surface area contributed by atoms with E-state index in [0.717, 1.165) is 0 Å². The Kier molecular flexibility index (Phi) is 12.8. The summed E-state index contributed by atoms with van der Waals surface area (Å²) in [5.41, 5.74) is -0.588. The van der Waals surface area contributed by atoms with E-state index < -0.39 is 20.8 Å². The zero-order valence-corrected chi connectivity index (χ0v) is 17.0. The van der Waals surface area contributed by atoms with Crippen molar-refractivity contribution < 1.29 is 34.3 Å². The van der Waals surface area contributed by atoms with E-state index in [-0.39, 0.29) is 61.8 Å². The van der Waals surface area contributed by atoms with Gasteiger partial charge >= 0.3 is 37.7 Å². The molecule has 0 bridgehead atoms. The quantitative estimate of drug-likeness (QED) is 0.397. The standard InChI is InChI=1S/2C5H12O4S.Ca/c2*1-5(2,3)4-9-10(6,7)8;/h2*4H2,1-3H3,(H,6,7,8);/q;;+2/p-2. The summed E-state index contributed by atoms with van der Waals surface area (Å²) >= 11 is 0. The number of hydrogen-bond donors (Lipinski definition) is 0. The van der Waals surface area contributed by atoms with Crippen LogP contribution in [0.4, 0.5) is 0 Å². The summed E-state index contributed by atoms with van der Waals surface area (Å²) in [7, 11) is -9.01. The Morgan fingerprint density at radius 2 is 0.905 bits per heavy atom. The van der Waals surface area contributed by atoms with Gasteiger partial charge in [0.15, 0.2) is 0 Å². The molecule has 124 valence electrons. The molecule has 0 rings (SSSR count). The van der Waals surface area contributed by atoms with Crippen molar-refractivity contribution in [2.75, 3.05) is 13.2 Å². The van der Waals surface area contributed by atoms with Crippen molar-refractivity contribution >= 4 is 58.5 Å². The van der Waals surface area contributed by atoms with Crippen LogP contribution < -0.4 is 0 Å². The third kappa shape index (κ3) is 33.7. The van der Waals surface area contributed by atoms with Crippen LogP contribution in [-0.4, -0.2) is 76.9 Å². The molecule has 0 saturated carbocycles. The van der Waals surface area contributed by atoms with Gasteiger partial charge in [-0.25, -0.2) is 16.8 Å². The Morgan fingerprint density at radius 3 is 0.952 bits per heavy atom. The van der Waals surface area contributed by atoms with Crippen molar-refractivity contribution in [1.82, 2.24) is 0 Å². The maximum absolute atomic E-state index is 9.90. The topological polar surface area (TPSA) is 133 Å². The zero-order chi connectivity index (χ0) is 16.8. The van der Waals surface area contributed by atoms with E-state index in [2.05, 4.69) is 8.37 Å². The Morgan fingerprint density at radius 1 is 0.714 bits per heavy atom. The van der Waals surface area contributed by atoms with Crippen molar-refractivity contribution in [3.63, 3.8) is 0 Å². The fourth-order valence-corrected chi connectivity index (χ4v) is 1.49. The van der Waals surface area contributed by atoms with Crippen LogP contribution in [0.3, 0.4) is 0 Å². The van der Waals surface area contributed by atoms with E-state index >= 15 is 0 Å². The minimum atomic E-state index is -4.51. The first-order chi connectivity index (χ1) is 8.41. The van der Waals surface area contributed by atoms with Crippen molar-refractivity contribution in [1.29, 1.82) is 0 Å². The molecular formula is C10H22CaO8S2. The first-order valence-corrected chi connectivity index (χ1v) is 8.28. The van der Waals surface area contributed by atoms with E-state index in [1.807, 2.05) is 0 Å². The van der Waals surface area contributed by atoms with E-state index in [1.54, 1.807) is 41.5 Å². The third-order valence-electron chi connectivity index (χ3n) is 1.27. The molecule has 0 saturated heterocycles. The SMILES string of the molecule is CC(C)(C)COS(=O)(=O)[O-].CC(C)(C)COS(=O)(=O)[O-].[Ca+2]. The molecule has 0 atom stereocenters. The summed E-state index contributed by atoms with van der Waals surface area (Å²) in [5.74, 6) is 0. The molecule has 0 radical (unpaired) electrons. The molecule has 0 aliphatic rings. The molecule has 0 aromatic rings. The predicted molar refractivity (Wildman–Crippen MR) is 76.0 cm³/mol. The summed E-state index contributed by atoms with van der Waals surface area (Å²) in [4.78, 5) is 0. The van der Waals surface area contributed by atoms with Crippen LogP contribution >= 0.6 is 0 Å². The average Bonchev–Trinajstić information content (AvgIpc) is 2.09. The fourth-order valence-electron chi connectivity index (χ4n) is 0.498. The minimum absolute atomic E-state index is 0. The summed E-state index contributed by atoms with van der Waals surface area (Å²) in [6.07, 6.45) is 0. The van der Waals surface area contributed by atoms with Gasteiger partial charge in [-0.15, -0.1) is 0 Å². The average molecular weight is 374 g/mol. The van der Waals surface area contributed by atoms with Gasteiger partial charge in [-0.2, -0.15) is 0 Å². The van der Waals surface area contributed by atoms with E-state index in [0.29, 0.717) is 0 Å². The van der Waals surface area contributed by atoms with E-state index in [9.17, 15) is 25.9 Å². The maximum atomic E-state index is 9.90. The second-order valence-electron chi connectivity index (χ2n) is 6.46. The molecule has 0 aromatic carbocycles. The fraction of sp³-hybridized carbons (Fsp3) is 1.00. The van der Waals surface area contributed by atoms with Gasteiger partial charge in [-0.3, -0.25) is 8.37 Å². The molecule has 0 fully saturated rings. The first kappa shape index (κ1) is 26.9. The van der Waals surface area contributed by atoms with Crippen LogP contribution in [0.25, 0.3) is 0 Å². The summed E-state index contributed by atoms with van der Waals surface area (Å²) < 4.78 is 67.4. The molecule has 0 aliphatic heterocycles. The third-order valence-corrected chi connectivity index (χ3v) is 2.09. The van der Waals surface area contributed by atoms with Gasteiger partial charge in [0, 0.05) is 0 Å². The van der Waals surface area contributed by atoms with Gasteiger partial charge in [-0.05, 0) is 10.8 Å². The Bertz CT molecular complexity index is 424. The van der Waals surface area contributed by atoms with Crippen LogP contribution in [-0.2, 0) is 29.2 Å². The second kappa shape index (κ2) is 9.99. The van der Waals surface area contributed by atoms with Crippen LogP contribution in [0, 0.1) is 10.8 Å². The Labute approximate surface area is 157 Å². The molecule has 0 spiro atoms. The second-order valence-corrected chi connectivity index (χ2v) is 8.57. The maximum Gasteiger partial charge on any atom is 2.00 e. The van der Waals surface area contributed by atoms with Crippen molar-refractivity contribution in [3.05, 3.63) is 0 Å². The van der Waals surface area contributed by atoms with Gasteiger partial charge < -0.3 is 9.11 Å². The molecular weight excluding hydrogens is 352 g/mol. The predicted octanol–water partition coefficient (Wildman–Crippen LogP) is 0.638. The van der Waals surface area contributed by atoms with Crippen molar-refractivity contribution in [2.24, 2.45) is 10.8 Å². The molecule has 0 aromatic heterocycles. The number of rotatable bonds is 4. The zero-order valence-electron chi connectivity index (χ0n) is 13.2. The molecule has 0 aliphatic carbocycles. The monoisotopic (exact) mass is 374 g/mol. The molecule has 21 heavy (non-hydrogen) atoms. The van der Waals surface area contributed by atoms with Crippen LogP contribution in [0.1, 0.15) is 41.5 Å². The molecule has 0 unspecified atom stereocenters. The van der Waals surface area contributed by atoms with Crippen molar-refractivity contribution in [2.45, 2.75) is 41.5 Å². The largest absolute Gasteiger partial charge is 2.00 e. The van der Waals surface area contributed by atoms with Crippen molar-refractivity contribution in [3.8, 4) is 0 Å².